The van der Waals surface area contributed by atoms with Crippen molar-refractivity contribution >= 4 is 22.0 Å². The van der Waals surface area contributed by atoms with Crippen molar-refractivity contribution in [2.45, 2.75) is 32.0 Å². The number of ether oxygens (including phenoxy) is 1. The molecule has 2 N–H and O–H groups in total. The molecule has 10 nitrogen and oxygen atoms in total. The summed E-state index contributed by atoms with van der Waals surface area (Å²) < 4.78 is 32.9. The zero-order valence-corrected chi connectivity index (χ0v) is 14.5. The van der Waals surface area contributed by atoms with E-state index in [9.17, 15) is 13.2 Å². The average molecular weight is 354 g/mol. The summed E-state index contributed by atoms with van der Waals surface area (Å²) in [4.78, 5) is 23.6. The first-order chi connectivity index (χ1) is 11.2. The molecular formula is C13H18N6O4S. The number of nitrogens with one attached hydrogen (secondary N) is 2. The van der Waals surface area contributed by atoms with E-state index in [0.29, 0.717) is 5.69 Å². The molecule has 0 aliphatic carbocycles. The molecule has 2 aromatic heterocycles. The highest BCUT2D eigenvalue weighted by Crippen LogP contribution is 2.14. The summed E-state index contributed by atoms with van der Waals surface area (Å²) in [6.45, 7) is 5.28. The topological polar surface area (TPSA) is 128 Å². The van der Waals surface area contributed by atoms with Crippen molar-refractivity contribution < 1.29 is 17.9 Å². The molecule has 2 heterocycles. The summed E-state index contributed by atoms with van der Waals surface area (Å²) in [5.74, 6) is 0.169. The fourth-order valence-electron chi connectivity index (χ4n) is 1.90. The number of urea groups is 1. The Hall–Kier alpha value is -2.69. The second-order valence-corrected chi connectivity index (χ2v) is 6.72. The molecule has 0 aromatic carbocycles. The molecule has 2 amide bonds. The Bertz CT molecular complexity index is 846. The van der Waals surface area contributed by atoms with Gasteiger partial charge in [-0.3, -0.25) is 5.32 Å². The van der Waals surface area contributed by atoms with E-state index >= 15 is 0 Å². The van der Waals surface area contributed by atoms with Crippen LogP contribution in [0.3, 0.4) is 0 Å². The summed E-state index contributed by atoms with van der Waals surface area (Å²) in [5.41, 5.74) is 0.551. The number of carbonyl (C=O) groups is 1. The minimum atomic E-state index is -4.13. The Balaban J connectivity index is 2.17. The number of sulfonamides is 1. The summed E-state index contributed by atoms with van der Waals surface area (Å²) in [6, 6.07) is 0.437. The van der Waals surface area contributed by atoms with E-state index in [1.165, 1.54) is 24.1 Å². The number of anilines is 1. The molecule has 2 rings (SSSR count). The number of carbonyl (C=O) groups excluding carboxylic acids is 1. The maximum Gasteiger partial charge on any atom is 0.335 e. The van der Waals surface area contributed by atoms with Crippen molar-refractivity contribution in [2.75, 3.05) is 12.4 Å². The van der Waals surface area contributed by atoms with E-state index in [-0.39, 0.29) is 23.0 Å². The van der Waals surface area contributed by atoms with Gasteiger partial charge in [0.15, 0.2) is 0 Å². The van der Waals surface area contributed by atoms with Gasteiger partial charge in [-0.1, -0.05) is 0 Å². The highest BCUT2D eigenvalue weighted by molar-refractivity contribution is 7.89. The Morgan fingerprint density at radius 1 is 1.33 bits per heavy atom. The third-order valence-electron chi connectivity index (χ3n) is 2.92. The SMILES string of the molecule is COc1cc(C)nc(NC(=O)NS(=O)(=O)c2nccn2C(C)C)n1. The highest BCUT2D eigenvalue weighted by Gasteiger charge is 2.24. The summed E-state index contributed by atoms with van der Waals surface area (Å²) in [7, 11) is -2.72. The Morgan fingerprint density at radius 3 is 2.67 bits per heavy atom. The van der Waals surface area contributed by atoms with Gasteiger partial charge < -0.3 is 9.30 Å². The van der Waals surface area contributed by atoms with Crippen LogP contribution in [0.15, 0.2) is 23.6 Å². The van der Waals surface area contributed by atoms with Crippen molar-refractivity contribution in [3.05, 3.63) is 24.2 Å². The predicted molar refractivity (Wildman–Crippen MR) is 85.3 cm³/mol. The van der Waals surface area contributed by atoms with Gasteiger partial charge in [0, 0.05) is 30.2 Å². The van der Waals surface area contributed by atoms with E-state index in [1.54, 1.807) is 26.8 Å². The first-order valence-electron chi connectivity index (χ1n) is 6.99. The normalized spacial score (nSPS) is 11.4. The van der Waals surface area contributed by atoms with Crippen molar-refractivity contribution in [2.24, 2.45) is 0 Å². The van der Waals surface area contributed by atoms with E-state index in [4.69, 9.17) is 4.74 Å². The molecule has 0 radical (unpaired) electrons. The summed E-state index contributed by atoms with van der Waals surface area (Å²) in [6.07, 6.45) is 2.87. The smallest absolute Gasteiger partial charge is 0.335 e. The first-order valence-corrected chi connectivity index (χ1v) is 8.47. The van der Waals surface area contributed by atoms with Crippen molar-refractivity contribution in [3.8, 4) is 5.88 Å². The van der Waals surface area contributed by atoms with Gasteiger partial charge >= 0.3 is 6.03 Å². The fraction of sp³-hybridized carbons (Fsp3) is 0.385. The van der Waals surface area contributed by atoms with Gasteiger partial charge in [-0.2, -0.15) is 13.4 Å². The van der Waals surface area contributed by atoms with Crippen LogP contribution in [0.2, 0.25) is 0 Å². The van der Waals surface area contributed by atoms with Gasteiger partial charge in [0.05, 0.1) is 7.11 Å². The molecule has 24 heavy (non-hydrogen) atoms. The number of methoxy groups -OCH3 is 1. The third kappa shape index (κ3) is 3.98. The third-order valence-corrected chi connectivity index (χ3v) is 4.17. The predicted octanol–water partition coefficient (Wildman–Crippen LogP) is 1.08. The lowest BCUT2D eigenvalue weighted by molar-refractivity contribution is 0.256. The van der Waals surface area contributed by atoms with Crippen LogP contribution >= 0.6 is 0 Å². The van der Waals surface area contributed by atoms with E-state index in [0.717, 1.165) is 0 Å². The van der Waals surface area contributed by atoms with Gasteiger partial charge in [-0.05, 0) is 20.8 Å². The quantitative estimate of drug-likeness (QED) is 0.822. The number of hydrogen-bond donors (Lipinski definition) is 2. The van der Waals surface area contributed by atoms with Crippen LogP contribution in [0.4, 0.5) is 10.7 Å². The molecule has 0 unspecified atom stereocenters. The van der Waals surface area contributed by atoms with E-state index in [2.05, 4.69) is 20.3 Å². The Kier molecular flexibility index (Phi) is 5.02. The summed E-state index contributed by atoms with van der Waals surface area (Å²) in [5, 5.41) is 2.00. The van der Waals surface area contributed by atoms with Crippen LogP contribution in [-0.4, -0.2) is 41.1 Å². The molecule has 11 heteroatoms. The van der Waals surface area contributed by atoms with Crippen LogP contribution < -0.4 is 14.8 Å². The van der Waals surface area contributed by atoms with E-state index < -0.39 is 16.1 Å². The van der Waals surface area contributed by atoms with Crippen LogP contribution in [-0.2, 0) is 10.0 Å². The molecule has 0 atom stereocenters. The van der Waals surface area contributed by atoms with Crippen molar-refractivity contribution in [1.29, 1.82) is 0 Å². The van der Waals surface area contributed by atoms with Gasteiger partial charge in [-0.25, -0.2) is 19.5 Å². The lowest BCUT2D eigenvalue weighted by Gasteiger charge is -2.12. The second-order valence-electron chi connectivity index (χ2n) is 5.15. The van der Waals surface area contributed by atoms with Crippen molar-refractivity contribution in [3.63, 3.8) is 0 Å². The number of aryl methyl sites for hydroxylation is 1. The fourth-order valence-corrected chi connectivity index (χ4v) is 3.03. The molecule has 0 bridgehead atoms. The minimum Gasteiger partial charge on any atom is -0.481 e. The molecule has 0 fully saturated rings. The maximum atomic E-state index is 12.3. The van der Waals surface area contributed by atoms with Gasteiger partial charge in [0.2, 0.25) is 17.0 Å². The van der Waals surface area contributed by atoms with Gasteiger partial charge in [0.25, 0.3) is 10.0 Å². The van der Waals surface area contributed by atoms with Crippen molar-refractivity contribution in [1.82, 2.24) is 24.2 Å². The number of rotatable bonds is 5. The minimum absolute atomic E-state index is 0.0771. The standard InChI is InChI=1S/C13H18N6O4S/c1-8(2)19-6-5-14-13(19)24(21,22)18-12(20)17-11-15-9(3)7-10(16-11)23-4/h5-8H,1-4H3,(H2,15,16,17,18,20). The highest BCUT2D eigenvalue weighted by atomic mass is 32.2. The van der Waals surface area contributed by atoms with E-state index in [1.807, 2.05) is 4.72 Å². The first kappa shape index (κ1) is 17.7. The molecule has 0 spiro atoms. The van der Waals surface area contributed by atoms with Crippen LogP contribution in [0.25, 0.3) is 0 Å². The number of nitrogens with zero attached hydrogens (tertiary/aromatic N) is 4. The molecule has 0 saturated heterocycles. The zero-order valence-electron chi connectivity index (χ0n) is 13.6. The number of aromatic nitrogens is 4. The largest absolute Gasteiger partial charge is 0.481 e. The molecule has 2 aromatic rings. The van der Waals surface area contributed by atoms with Gasteiger partial charge in [0.1, 0.15) is 0 Å². The van der Waals surface area contributed by atoms with Crippen LogP contribution in [0, 0.1) is 6.92 Å². The number of hydrogen-bond acceptors (Lipinski definition) is 7. The lowest BCUT2D eigenvalue weighted by atomic mass is 10.4. The summed E-state index contributed by atoms with van der Waals surface area (Å²) >= 11 is 0. The number of imidazole rings is 1. The molecule has 0 aliphatic heterocycles. The average Bonchev–Trinajstić information content (AvgIpc) is 2.96. The van der Waals surface area contributed by atoms with Crippen LogP contribution in [0.5, 0.6) is 5.88 Å². The lowest BCUT2D eigenvalue weighted by Crippen LogP contribution is -2.36. The molecular weight excluding hydrogens is 336 g/mol. The second kappa shape index (κ2) is 6.83. The van der Waals surface area contributed by atoms with Crippen LogP contribution in [0.1, 0.15) is 25.6 Å². The molecule has 0 aliphatic rings. The molecule has 0 saturated carbocycles. The molecule has 130 valence electrons. The monoisotopic (exact) mass is 354 g/mol. The zero-order chi connectivity index (χ0) is 17.9. The Morgan fingerprint density at radius 2 is 2.04 bits per heavy atom. The maximum absolute atomic E-state index is 12.3. The van der Waals surface area contributed by atoms with Gasteiger partial charge in [-0.15, -0.1) is 0 Å². The Labute approximate surface area is 139 Å². The number of amides is 2.